The molecule has 0 aliphatic heterocycles. The quantitative estimate of drug-likeness (QED) is 0.328. The molecule has 0 heterocycles. The number of primary amides is 1. The van der Waals surface area contributed by atoms with Gasteiger partial charge in [-0.15, -0.1) is 0 Å². The molecule has 0 fully saturated rings. The lowest BCUT2D eigenvalue weighted by molar-refractivity contribution is 0.0322. The van der Waals surface area contributed by atoms with E-state index in [1.807, 2.05) is 6.92 Å². The molecule has 0 aliphatic rings. The molecule has 2 amide bonds. The summed E-state index contributed by atoms with van der Waals surface area (Å²) in [6.07, 6.45) is -0.0798. The van der Waals surface area contributed by atoms with Crippen LogP contribution < -0.4 is 11.1 Å². The summed E-state index contributed by atoms with van der Waals surface area (Å²) in [6, 6.07) is -0.769. The van der Waals surface area contributed by atoms with Crippen molar-refractivity contribution in [3.05, 3.63) is 0 Å². The molecule has 6 heteroatoms. The molecule has 0 saturated heterocycles. The van der Waals surface area contributed by atoms with Crippen molar-refractivity contribution in [1.29, 1.82) is 0 Å². The highest BCUT2D eigenvalue weighted by Gasteiger charge is 2.17. The first-order valence-corrected chi connectivity index (χ1v) is 4.47. The lowest BCUT2D eigenvalue weighted by atomic mass is 10.4. The molecule has 0 aromatic rings. The third kappa shape index (κ3) is 6.62. The average Bonchev–Trinajstić information content (AvgIpc) is 2.03. The van der Waals surface area contributed by atoms with Crippen LogP contribution in [0.15, 0.2) is 0 Å². The predicted octanol–water partition coefficient (Wildman–Crippen LogP) is 0.00710. The number of carbonyl (C=O) groups is 1. The SMILES string of the molecule is CCCOCC(O)C(Cl)NC(N)=O. The van der Waals surface area contributed by atoms with Crippen LogP contribution in [-0.2, 0) is 4.74 Å². The van der Waals surface area contributed by atoms with Crippen LogP contribution in [0.1, 0.15) is 13.3 Å². The number of ether oxygens (including phenoxy) is 1. The molecule has 0 saturated carbocycles. The van der Waals surface area contributed by atoms with Crippen molar-refractivity contribution in [1.82, 2.24) is 5.32 Å². The minimum atomic E-state index is -0.944. The number of alkyl halides is 1. The monoisotopic (exact) mass is 210 g/mol. The van der Waals surface area contributed by atoms with Crippen LogP contribution in [0.25, 0.3) is 0 Å². The molecular formula is C7H15ClN2O3. The minimum absolute atomic E-state index is 0.0856. The van der Waals surface area contributed by atoms with E-state index in [4.69, 9.17) is 22.1 Å². The number of amides is 2. The van der Waals surface area contributed by atoms with Crippen LogP contribution in [0.3, 0.4) is 0 Å². The first kappa shape index (κ1) is 12.5. The number of aliphatic hydroxyl groups excluding tert-OH is 1. The van der Waals surface area contributed by atoms with Gasteiger partial charge in [0.05, 0.1) is 6.61 Å². The maximum Gasteiger partial charge on any atom is 0.313 e. The van der Waals surface area contributed by atoms with Crippen LogP contribution in [0, 0.1) is 0 Å². The maximum atomic E-state index is 10.3. The number of hydrogen-bond donors (Lipinski definition) is 3. The van der Waals surface area contributed by atoms with Crippen molar-refractivity contribution in [3.8, 4) is 0 Å². The number of hydrogen-bond acceptors (Lipinski definition) is 3. The molecule has 78 valence electrons. The molecule has 4 N–H and O–H groups in total. The van der Waals surface area contributed by atoms with E-state index in [-0.39, 0.29) is 6.61 Å². The van der Waals surface area contributed by atoms with Gasteiger partial charge in [-0.25, -0.2) is 4.79 Å². The molecular weight excluding hydrogens is 196 g/mol. The maximum absolute atomic E-state index is 10.3. The Kier molecular flexibility index (Phi) is 6.66. The summed E-state index contributed by atoms with van der Waals surface area (Å²) >= 11 is 5.56. The lowest BCUT2D eigenvalue weighted by Gasteiger charge is -2.16. The van der Waals surface area contributed by atoms with Gasteiger partial charge in [-0.1, -0.05) is 18.5 Å². The number of nitrogens with two attached hydrogens (primary N) is 1. The van der Waals surface area contributed by atoms with Gasteiger partial charge in [0.15, 0.2) is 0 Å². The van der Waals surface area contributed by atoms with Crippen molar-refractivity contribution in [2.24, 2.45) is 5.73 Å². The Bertz CT molecular complexity index is 157. The van der Waals surface area contributed by atoms with Gasteiger partial charge in [0, 0.05) is 6.61 Å². The Labute approximate surface area is 82.2 Å². The average molecular weight is 211 g/mol. The van der Waals surface area contributed by atoms with Gasteiger partial charge < -0.3 is 20.9 Å². The van der Waals surface area contributed by atoms with Crippen LogP contribution in [0.5, 0.6) is 0 Å². The van der Waals surface area contributed by atoms with E-state index in [0.717, 1.165) is 6.42 Å². The normalized spacial score (nSPS) is 15.0. The Balaban J connectivity index is 3.56. The molecule has 0 rings (SSSR count). The second kappa shape index (κ2) is 6.94. The molecule has 0 aliphatic carbocycles. The van der Waals surface area contributed by atoms with Crippen LogP contribution in [0.2, 0.25) is 0 Å². The number of carbonyl (C=O) groups excluding carboxylic acids is 1. The van der Waals surface area contributed by atoms with Gasteiger partial charge in [0.1, 0.15) is 11.6 Å². The summed E-state index contributed by atoms with van der Waals surface area (Å²) in [5.41, 5.74) is 3.89. The number of urea groups is 1. The molecule has 5 nitrogen and oxygen atoms in total. The van der Waals surface area contributed by atoms with E-state index < -0.39 is 17.6 Å². The minimum Gasteiger partial charge on any atom is -0.387 e. The first-order chi connectivity index (χ1) is 6.07. The van der Waals surface area contributed by atoms with Crippen LogP contribution in [0.4, 0.5) is 4.79 Å². The zero-order valence-corrected chi connectivity index (χ0v) is 8.25. The fourth-order valence-electron chi connectivity index (χ4n) is 0.665. The van der Waals surface area contributed by atoms with Crippen molar-refractivity contribution in [2.75, 3.05) is 13.2 Å². The topological polar surface area (TPSA) is 84.6 Å². The molecule has 0 aromatic carbocycles. The van der Waals surface area contributed by atoms with E-state index in [1.54, 1.807) is 0 Å². The standard InChI is InChI=1S/C7H15ClN2O3/c1-2-3-13-4-5(11)6(8)10-7(9)12/h5-6,11H,2-4H2,1H3,(H3,9,10,12). The van der Waals surface area contributed by atoms with E-state index in [1.165, 1.54) is 0 Å². The third-order valence-electron chi connectivity index (χ3n) is 1.26. The fourth-order valence-corrected chi connectivity index (χ4v) is 0.845. The van der Waals surface area contributed by atoms with E-state index in [9.17, 15) is 9.90 Å². The third-order valence-corrected chi connectivity index (χ3v) is 1.66. The molecule has 0 radical (unpaired) electrons. The highest BCUT2D eigenvalue weighted by Crippen LogP contribution is 1.99. The Hall–Kier alpha value is -0.520. The summed E-state index contributed by atoms with van der Waals surface area (Å²) in [7, 11) is 0. The molecule has 13 heavy (non-hydrogen) atoms. The summed E-state index contributed by atoms with van der Waals surface area (Å²) in [6.45, 7) is 2.59. The van der Waals surface area contributed by atoms with Gasteiger partial charge in [0.2, 0.25) is 0 Å². The van der Waals surface area contributed by atoms with Crippen molar-refractivity contribution in [2.45, 2.75) is 24.9 Å². The number of rotatable bonds is 6. The second-order valence-corrected chi connectivity index (χ2v) is 3.02. The molecule has 2 unspecified atom stereocenters. The van der Waals surface area contributed by atoms with Crippen molar-refractivity contribution in [3.63, 3.8) is 0 Å². The van der Waals surface area contributed by atoms with Crippen LogP contribution in [-0.4, -0.2) is 36.0 Å². The first-order valence-electron chi connectivity index (χ1n) is 4.03. The Morgan fingerprint density at radius 1 is 1.77 bits per heavy atom. The predicted molar refractivity (Wildman–Crippen MR) is 49.5 cm³/mol. The van der Waals surface area contributed by atoms with E-state index in [0.29, 0.717) is 6.61 Å². The highest BCUT2D eigenvalue weighted by atomic mass is 35.5. The summed E-state index contributed by atoms with van der Waals surface area (Å²) < 4.78 is 5.02. The number of halogens is 1. The molecule has 0 aromatic heterocycles. The van der Waals surface area contributed by atoms with Gasteiger partial charge in [0.25, 0.3) is 0 Å². The van der Waals surface area contributed by atoms with E-state index in [2.05, 4.69) is 5.32 Å². The highest BCUT2D eigenvalue weighted by molar-refractivity contribution is 6.21. The lowest BCUT2D eigenvalue weighted by Crippen LogP contribution is -2.44. The molecule has 0 spiro atoms. The van der Waals surface area contributed by atoms with Gasteiger partial charge in [-0.05, 0) is 6.42 Å². The summed E-state index contributed by atoms with van der Waals surface area (Å²) in [5.74, 6) is 0. The van der Waals surface area contributed by atoms with Gasteiger partial charge in [-0.3, -0.25) is 0 Å². The fraction of sp³-hybridized carbons (Fsp3) is 0.857. The Morgan fingerprint density at radius 3 is 2.85 bits per heavy atom. The second-order valence-electron chi connectivity index (χ2n) is 2.55. The van der Waals surface area contributed by atoms with Crippen molar-refractivity contribution < 1.29 is 14.6 Å². The summed E-state index contributed by atoms with van der Waals surface area (Å²) in [4.78, 5) is 10.3. The number of aliphatic hydroxyl groups is 1. The summed E-state index contributed by atoms with van der Waals surface area (Å²) in [5, 5.41) is 11.4. The van der Waals surface area contributed by atoms with E-state index >= 15 is 0 Å². The molecule has 2 atom stereocenters. The Morgan fingerprint density at radius 2 is 2.38 bits per heavy atom. The zero-order chi connectivity index (χ0) is 10.3. The van der Waals surface area contributed by atoms with Crippen LogP contribution >= 0.6 is 11.6 Å². The van der Waals surface area contributed by atoms with Gasteiger partial charge in [-0.2, -0.15) is 0 Å². The zero-order valence-electron chi connectivity index (χ0n) is 7.50. The smallest absolute Gasteiger partial charge is 0.313 e. The largest absolute Gasteiger partial charge is 0.387 e. The van der Waals surface area contributed by atoms with Crippen molar-refractivity contribution >= 4 is 17.6 Å². The van der Waals surface area contributed by atoms with Gasteiger partial charge >= 0.3 is 6.03 Å². The number of nitrogens with one attached hydrogen (secondary N) is 1. The molecule has 0 bridgehead atoms.